The smallest absolute Gasteiger partial charge is 0.222 e. The first-order chi connectivity index (χ1) is 9.29. The molecule has 0 unspecified atom stereocenters. The number of hydrogen-bond donors (Lipinski definition) is 1. The van der Waals surface area contributed by atoms with Crippen LogP contribution in [0.2, 0.25) is 0 Å². The van der Waals surface area contributed by atoms with Crippen LogP contribution in [0, 0.1) is 5.92 Å². The number of nitrogens with zero attached hydrogens (tertiary/aromatic N) is 1. The summed E-state index contributed by atoms with van der Waals surface area (Å²) in [5.41, 5.74) is 0. The molecule has 19 heavy (non-hydrogen) atoms. The van der Waals surface area contributed by atoms with Gasteiger partial charge in [0.25, 0.3) is 0 Å². The summed E-state index contributed by atoms with van der Waals surface area (Å²) in [5.74, 6) is 1.06. The summed E-state index contributed by atoms with van der Waals surface area (Å²) in [7, 11) is 0. The third-order valence-electron chi connectivity index (χ3n) is 3.89. The average Bonchev–Trinajstić information content (AvgIpc) is 2.96. The van der Waals surface area contributed by atoms with Crippen LogP contribution in [0.5, 0.6) is 0 Å². The highest BCUT2D eigenvalue weighted by atomic mass is 32.1. The molecule has 1 aliphatic heterocycles. The summed E-state index contributed by atoms with van der Waals surface area (Å²) in [6.07, 6.45) is 4.22. The predicted molar refractivity (Wildman–Crippen MR) is 80.2 cm³/mol. The van der Waals surface area contributed by atoms with Crippen molar-refractivity contribution in [2.45, 2.75) is 39.2 Å². The van der Waals surface area contributed by atoms with Crippen molar-refractivity contribution in [3.8, 4) is 0 Å². The molecule has 1 amide bonds. The van der Waals surface area contributed by atoms with Gasteiger partial charge in [-0.05, 0) is 56.6 Å². The zero-order valence-electron chi connectivity index (χ0n) is 11.7. The van der Waals surface area contributed by atoms with Gasteiger partial charge in [0.05, 0.1) is 6.54 Å². The van der Waals surface area contributed by atoms with E-state index in [1.54, 1.807) is 11.3 Å². The summed E-state index contributed by atoms with van der Waals surface area (Å²) in [5, 5.41) is 5.44. The Bertz CT molecular complexity index is 372. The molecule has 0 radical (unpaired) electrons. The minimum Gasteiger partial charge on any atom is -0.338 e. The molecule has 0 saturated carbocycles. The Morgan fingerprint density at radius 1 is 1.47 bits per heavy atom. The van der Waals surface area contributed by atoms with Crippen molar-refractivity contribution in [1.29, 1.82) is 0 Å². The lowest BCUT2D eigenvalue weighted by atomic mass is 9.93. The lowest BCUT2D eigenvalue weighted by molar-refractivity contribution is -0.131. The van der Waals surface area contributed by atoms with Gasteiger partial charge in [0.15, 0.2) is 0 Å². The lowest BCUT2D eigenvalue weighted by Gasteiger charge is -2.24. The average molecular weight is 280 g/mol. The van der Waals surface area contributed by atoms with Crippen LogP contribution in [0.4, 0.5) is 0 Å². The first-order valence-corrected chi connectivity index (χ1v) is 8.18. The molecule has 2 heterocycles. The summed E-state index contributed by atoms with van der Waals surface area (Å²) in [4.78, 5) is 15.5. The number of carbonyl (C=O) groups is 1. The molecule has 0 spiro atoms. The number of thiophene rings is 1. The molecule has 1 fully saturated rings. The Morgan fingerprint density at radius 3 is 2.89 bits per heavy atom. The Hall–Kier alpha value is -0.870. The second-order valence-corrected chi connectivity index (χ2v) is 6.25. The van der Waals surface area contributed by atoms with Crippen molar-refractivity contribution in [2.75, 3.05) is 19.6 Å². The molecule has 1 aliphatic rings. The van der Waals surface area contributed by atoms with Crippen LogP contribution >= 0.6 is 11.3 Å². The SMILES string of the molecule is CCN(Cc1cccs1)C(=O)CCC1CCNCC1. The van der Waals surface area contributed by atoms with Gasteiger partial charge in [-0.1, -0.05) is 6.07 Å². The fourth-order valence-electron chi connectivity index (χ4n) is 2.62. The minimum atomic E-state index is 0.314. The van der Waals surface area contributed by atoms with Crippen molar-refractivity contribution in [2.24, 2.45) is 5.92 Å². The molecule has 2 rings (SSSR count). The van der Waals surface area contributed by atoms with E-state index >= 15 is 0 Å². The third kappa shape index (κ3) is 4.62. The van der Waals surface area contributed by atoms with Gasteiger partial charge in [-0.3, -0.25) is 4.79 Å². The Morgan fingerprint density at radius 2 is 2.26 bits per heavy atom. The Balaban J connectivity index is 1.76. The van der Waals surface area contributed by atoms with Crippen molar-refractivity contribution in [1.82, 2.24) is 10.2 Å². The van der Waals surface area contributed by atoms with Crippen LogP contribution in [0.15, 0.2) is 17.5 Å². The molecule has 0 aromatic carbocycles. The molecule has 1 aromatic heterocycles. The predicted octanol–water partition coefficient (Wildman–Crippen LogP) is 2.88. The number of piperidine rings is 1. The molecule has 0 aliphatic carbocycles. The van der Waals surface area contributed by atoms with Gasteiger partial charge in [-0.25, -0.2) is 0 Å². The number of amides is 1. The minimum absolute atomic E-state index is 0.314. The summed E-state index contributed by atoms with van der Waals surface area (Å²) >= 11 is 1.73. The van der Waals surface area contributed by atoms with Gasteiger partial charge in [-0.15, -0.1) is 11.3 Å². The molecule has 0 atom stereocenters. The third-order valence-corrected chi connectivity index (χ3v) is 4.75. The maximum absolute atomic E-state index is 12.3. The van der Waals surface area contributed by atoms with Crippen molar-refractivity contribution >= 4 is 17.2 Å². The van der Waals surface area contributed by atoms with E-state index in [0.29, 0.717) is 12.3 Å². The van der Waals surface area contributed by atoms with Gasteiger partial charge in [0.2, 0.25) is 5.91 Å². The molecule has 106 valence electrons. The Kier molecular flexibility index (Phi) is 5.86. The van der Waals surface area contributed by atoms with Crippen molar-refractivity contribution in [3.63, 3.8) is 0 Å². The molecule has 1 N–H and O–H groups in total. The van der Waals surface area contributed by atoms with Gasteiger partial charge < -0.3 is 10.2 Å². The van der Waals surface area contributed by atoms with Crippen LogP contribution < -0.4 is 5.32 Å². The van der Waals surface area contributed by atoms with Crippen LogP contribution in [0.3, 0.4) is 0 Å². The molecule has 0 bridgehead atoms. The Labute approximate surface area is 120 Å². The fraction of sp³-hybridized carbons (Fsp3) is 0.667. The van der Waals surface area contributed by atoms with Gasteiger partial charge in [0, 0.05) is 17.8 Å². The first kappa shape index (κ1) is 14.5. The van der Waals surface area contributed by atoms with E-state index in [4.69, 9.17) is 0 Å². The zero-order valence-corrected chi connectivity index (χ0v) is 12.5. The van der Waals surface area contributed by atoms with Crippen LogP contribution in [-0.4, -0.2) is 30.4 Å². The van der Waals surface area contributed by atoms with Crippen LogP contribution in [0.25, 0.3) is 0 Å². The maximum Gasteiger partial charge on any atom is 0.222 e. The normalized spacial score (nSPS) is 16.5. The highest BCUT2D eigenvalue weighted by Crippen LogP contribution is 2.19. The van der Waals surface area contributed by atoms with Crippen molar-refractivity contribution < 1.29 is 4.79 Å². The zero-order chi connectivity index (χ0) is 13.5. The molecular formula is C15H24N2OS. The second-order valence-electron chi connectivity index (χ2n) is 5.22. The van der Waals surface area contributed by atoms with E-state index in [0.717, 1.165) is 38.5 Å². The fourth-order valence-corrected chi connectivity index (χ4v) is 3.34. The number of hydrogen-bond acceptors (Lipinski definition) is 3. The number of rotatable bonds is 6. The number of nitrogens with one attached hydrogen (secondary N) is 1. The first-order valence-electron chi connectivity index (χ1n) is 7.30. The highest BCUT2D eigenvalue weighted by molar-refractivity contribution is 7.09. The van der Waals surface area contributed by atoms with Gasteiger partial charge in [-0.2, -0.15) is 0 Å². The summed E-state index contributed by atoms with van der Waals surface area (Å²) in [6, 6.07) is 4.15. The standard InChI is InChI=1S/C15H24N2OS/c1-2-17(12-14-4-3-11-19-14)15(18)6-5-13-7-9-16-10-8-13/h3-4,11,13,16H,2,5-10,12H2,1H3. The maximum atomic E-state index is 12.3. The second kappa shape index (κ2) is 7.65. The quantitative estimate of drug-likeness (QED) is 0.869. The van der Waals surface area contributed by atoms with Gasteiger partial charge >= 0.3 is 0 Å². The van der Waals surface area contributed by atoms with E-state index in [1.165, 1.54) is 17.7 Å². The topological polar surface area (TPSA) is 32.3 Å². The summed E-state index contributed by atoms with van der Waals surface area (Å²) < 4.78 is 0. The van der Waals surface area contributed by atoms with E-state index in [1.807, 2.05) is 11.0 Å². The number of carbonyl (C=O) groups excluding carboxylic acids is 1. The van der Waals surface area contributed by atoms with E-state index in [9.17, 15) is 4.79 Å². The lowest BCUT2D eigenvalue weighted by Crippen LogP contribution is -2.32. The molecule has 4 heteroatoms. The summed E-state index contributed by atoms with van der Waals surface area (Å²) in [6.45, 7) is 5.88. The van der Waals surface area contributed by atoms with Crippen molar-refractivity contribution in [3.05, 3.63) is 22.4 Å². The molecule has 3 nitrogen and oxygen atoms in total. The largest absolute Gasteiger partial charge is 0.338 e. The monoisotopic (exact) mass is 280 g/mol. The molecular weight excluding hydrogens is 256 g/mol. The molecule has 1 saturated heterocycles. The van der Waals surface area contributed by atoms with E-state index < -0.39 is 0 Å². The van der Waals surface area contributed by atoms with Gasteiger partial charge in [0.1, 0.15) is 0 Å². The van der Waals surface area contributed by atoms with Crippen LogP contribution in [-0.2, 0) is 11.3 Å². The highest BCUT2D eigenvalue weighted by Gasteiger charge is 2.17. The van der Waals surface area contributed by atoms with Crippen LogP contribution in [0.1, 0.15) is 37.5 Å². The molecule has 1 aromatic rings. The van der Waals surface area contributed by atoms with E-state index in [-0.39, 0.29) is 0 Å². The van der Waals surface area contributed by atoms with E-state index in [2.05, 4.69) is 23.7 Å².